The van der Waals surface area contributed by atoms with Gasteiger partial charge in [0.05, 0.1) is 11.8 Å². The maximum atomic E-state index is 12.3. The van der Waals surface area contributed by atoms with Crippen LogP contribution < -0.4 is 0 Å². The Morgan fingerprint density at radius 3 is 1.86 bits per heavy atom. The molecule has 0 aromatic rings. The quantitative estimate of drug-likeness (QED) is 0.627. The molecule has 3 atom stereocenters. The van der Waals surface area contributed by atoms with Gasteiger partial charge >= 0.3 is 11.9 Å². The van der Waals surface area contributed by atoms with Crippen LogP contribution in [0.1, 0.15) is 60.8 Å². The second kappa shape index (κ2) is 6.59. The Morgan fingerprint density at radius 2 is 1.38 bits per heavy atom. The highest BCUT2D eigenvalue weighted by Gasteiger charge is 2.39. The molecule has 122 valence electrons. The number of hydrogen-bond acceptors (Lipinski definition) is 5. The highest BCUT2D eigenvalue weighted by atomic mass is 32.1. The Hall–Kier alpha value is -0.710. The summed E-state index contributed by atoms with van der Waals surface area (Å²) in [6, 6.07) is 0. The van der Waals surface area contributed by atoms with Crippen LogP contribution in [-0.4, -0.2) is 28.4 Å². The first-order chi connectivity index (χ1) is 9.39. The summed E-state index contributed by atoms with van der Waals surface area (Å²) in [5.74, 6) is -1.09. The number of carbonyl (C=O) groups excluding carboxylic acids is 2. The summed E-state index contributed by atoms with van der Waals surface area (Å²) >= 11 is 4.49. The molecular formula is C16H28O4S. The van der Waals surface area contributed by atoms with E-state index in [9.17, 15) is 9.59 Å². The van der Waals surface area contributed by atoms with Gasteiger partial charge in [0.15, 0.2) is 0 Å². The second-order valence-corrected chi connectivity index (χ2v) is 8.41. The van der Waals surface area contributed by atoms with E-state index in [2.05, 4.69) is 12.6 Å². The van der Waals surface area contributed by atoms with E-state index >= 15 is 0 Å². The lowest BCUT2D eigenvalue weighted by atomic mass is 9.81. The summed E-state index contributed by atoms with van der Waals surface area (Å²) in [5.41, 5.74) is -1.03. The van der Waals surface area contributed by atoms with Crippen molar-refractivity contribution in [2.75, 3.05) is 0 Å². The molecule has 1 aliphatic carbocycles. The number of rotatable bonds is 2. The number of carbonyl (C=O) groups is 2. The Bertz CT molecular complexity index is 392. The molecular weight excluding hydrogens is 288 g/mol. The van der Waals surface area contributed by atoms with Gasteiger partial charge in [-0.25, -0.2) is 0 Å². The molecule has 0 aromatic heterocycles. The zero-order valence-electron chi connectivity index (χ0n) is 13.9. The fourth-order valence-corrected chi connectivity index (χ4v) is 2.78. The standard InChI is InChI=1S/C16H28O4S/c1-15(2,3)19-13(17)10-7-8-12(21)11(9-10)14(18)20-16(4,5)6/h10-12,21H,7-9H2,1-6H3. The molecule has 0 aromatic carbocycles. The summed E-state index contributed by atoms with van der Waals surface area (Å²) in [5, 5.41) is -0.0569. The van der Waals surface area contributed by atoms with Crippen molar-refractivity contribution in [2.45, 2.75) is 77.3 Å². The third-order valence-corrected chi connectivity index (χ3v) is 3.88. The van der Waals surface area contributed by atoms with Crippen LogP contribution in [0, 0.1) is 11.8 Å². The molecule has 0 bridgehead atoms. The van der Waals surface area contributed by atoms with Crippen LogP contribution in [0.15, 0.2) is 0 Å². The van der Waals surface area contributed by atoms with Crippen LogP contribution in [0.25, 0.3) is 0 Å². The van der Waals surface area contributed by atoms with Crippen molar-refractivity contribution in [3.05, 3.63) is 0 Å². The van der Waals surface area contributed by atoms with Crippen LogP contribution in [-0.2, 0) is 19.1 Å². The highest BCUT2D eigenvalue weighted by molar-refractivity contribution is 7.81. The van der Waals surface area contributed by atoms with Crippen molar-refractivity contribution in [1.82, 2.24) is 0 Å². The molecule has 1 aliphatic rings. The van der Waals surface area contributed by atoms with Crippen molar-refractivity contribution in [1.29, 1.82) is 0 Å². The first-order valence-electron chi connectivity index (χ1n) is 7.53. The molecule has 21 heavy (non-hydrogen) atoms. The Kier molecular flexibility index (Phi) is 5.76. The van der Waals surface area contributed by atoms with Gasteiger partial charge in [-0.15, -0.1) is 0 Å². The minimum absolute atomic E-state index is 0.0569. The van der Waals surface area contributed by atoms with Gasteiger partial charge in [-0.2, -0.15) is 12.6 Å². The third kappa shape index (κ3) is 6.29. The van der Waals surface area contributed by atoms with Gasteiger partial charge in [-0.05, 0) is 60.8 Å². The zero-order chi connectivity index (χ0) is 16.4. The van der Waals surface area contributed by atoms with E-state index < -0.39 is 11.2 Å². The van der Waals surface area contributed by atoms with E-state index in [0.717, 1.165) is 6.42 Å². The lowest BCUT2D eigenvalue weighted by Gasteiger charge is -2.34. The Balaban J connectivity index is 2.70. The maximum Gasteiger partial charge on any atom is 0.310 e. The third-order valence-electron chi connectivity index (χ3n) is 3.26. The van der Waals surface area contributed by atoms with Crippen LogP contribution in [0.2, 0.25) is 0 Å². The summed E-state index contributed by atoms with van der Waals surface area (Å²) in [6.45, 7) is 11.1. The topological polar surface area (TPSA) is 52.6 Å². The minimum Gasteiger partial charge on any atom is -0.460 e. The average molecular weight is 316 g/mol. The van der Waals surface area contributed by atoms with Gasteiger partial charge in [0.1, 0.15) is 11.2 Å². The lowest BCUT2D eigenvalue weighted by molar-refractivity contribution is -0.166. The molecule has 0 spiro atoms. The smallest absolute Gasteiger partial charge is 0.310 e. The van der Waals surface area contributed by atoms with Crippen LogP contribution in [0.3, 0.4) is 0 Å². The highest BCUT2D eigenvalue weighted by Crippen LogP contribution is 2.35. The van der Waals surface area contributed by atoms with Crippen LogP contribution >= 0.6 is 12.6 Å². The molecule has 3 unspecified atom stereocenters. The summed E-state index contributed by atoms with van der Waals surface area (Å²) in [7, 11) is 0. The van der Waals surface area contributed by atoms with Crippen molar-refractivity contribution >= 4 is 24.6 Å². The summed E-state index contributed by atoms with van der Waals surface area (Å²) in [6.07, 6.45) is 1.89. The SMILES string of the molecule is CC(C)(C)OC(=O)C1CCC(S)C(C(=O)OC(C)(C)C)C1. The molecule has 0 amide bonds. The van der Waals surface area contributed by atoms with Crippen molar-refractivity contribution < 1.29 is 19.1 Å². The van der Waals surface area contributed by atoms with E-state index in [0.29, 0.717) is 12.8 Å². The van der Waals surface area contributed by atoms with Crippen molar-refractivity contribution in [3.8, 4) is 0 Å². The number of thiol groups is 1. The monoisotopic (exact) mass is 316 g/mol. The summed E-state index contributed by atoms with van der Waals surface area (Å²) < 4.78 is 10.9. The molecule has 0 saturated heterocycles. The molecule has 1 fully saturated rings. The Morgan fingerprint density at radius 1 is 0.905 bits per heavy atom. The average Bonchev–Trinajstić information content (AvgIpc) is 2.24. The fraction of sp³-hybridized carbons (Fsp3) is 0.875. The Labute approximate surface area is 133 Å². The molecule has 1 rings (SSSR count). The molecule has 0 aliphatic heterocycles. The minimum atomic E-state index is -0.524. The maximum absolute atomic E-state index is 12.3. The fourth-order valence-electron chi connectivity index (χ4n) is 2.38. The second-order valence-electron chi connectivity index (χ2n) is 7.75. The van der Waals surface area contributed by atoms with Gasteiger partial charge in [0.2, 0.25) is 0 Å². The lowest BCUT2D eigenvalue weighted by Crippen LogP contribution is -2.40. The van der Waals surface area contributed by atoms with Gasteiger partial charge in [-0.1, -0.05) is 0 Å². The van der Waals surface area contributed by atoms with E-state index in [4.69, 9.17) is 9.47 Å². The predicted octanol–water partition coefficient (Wildman–Crippen LogP) is 3.38. The summed E-state index contributed by atoms with van der Waals surface area (Å²) in [4.78, 5) is 24.4. The van der Waals surface area contributed by atoms with Crippen molar-refractivity contribution in [2.24, 2.45) is 11.8 Å². The van der Waals surface area contributed by atoms with Crippen LogP contribution in [0.5, 0.6) is 0 Å². The molecule has 4 nitrogen and oxygen atoms in total. The number of hydrogen-bond donors (Lipinski definition) is 1. The molecule has 0 heterocycles. The molecule has 0 N–H and O–H groups in total. The van der Waals surface area contributed by atoms with E-state index in [1.165, 1.54) is 0 Å². The first kappa shape index (κ1) is 18.3. The van der Waals surface area contributed by atoms with Gasteiger partial charge in [0.25, 0.3) is 0 Å². The number of esters is 2. The van der Waals surface area contributed by atoms with Crippen molar-refractivity contribution in [3.63, 3.8) is 0 Å². The predicted molar refractivity (Wildman–Crippen MR) is 85.3 cm³/mol. The van der Waals surface area contributed by atoms with E-state index in [1.54, 1.807) is 0 Å². The van der Waals surface area contributed by atoms with Crippen LogP contribution in [0.4, 0.5) is 0 Å². The number of ether oxygens (including phenoxy) is 2. The largest absolute Gasteiger partial charge is 0.460 e. The van der Waals surface area contributed by atoms with Gasteiger partial charge < -0.3 is 9.47 Å². The van der Waals surface area contributed by atoms with E-state index in [1.807, 2.05) is 41.5 Å². The van der Waals surface area contributed by atoms with Gasteiger partial charge in [-0.3, -0.25) is 9.59 Å². The van der Waals surface area contributed by atoms with E-state index in [-0.39, 0.29) is 29.0 Å². The molecule has 0 radical (unpaired) electrons. The molecule has 1 saturated carbocycles. The van der Waals surface area contributed by atoms with Gasteiger partial charge in [0, 0.05) is 5.25 Å². The normalized spacial score (nSPS) is 27.1. The first-order valence-corrected chi connectivity index (χ1v) is 8.04. The zero-order valence-corrected chi connectivity index (χ0v) is 14.8. The molecule has 5 heteroatoms.